The van der Waals surface area contributed by atoms with Crippen LogP contribution in [0.4, 0.5) is 5.69 Å². The van der Waals surface area contributed by atoms with Gasteiger partial charge >= 0.3 is 5.97 Å². The number of nitrogens with zero attached hydrogens (tertiary/aromatic N) is 1. The van der Waals surface area contributed by atoms with E-state index in [9.17, 15) is 28.4 Å². The Morgan fingerprint density at radius 1 is 1.14 bits per heavy atom. The topological polar surface area (TPSA) is 136 Å². The first-order chi connectivity index (χ1) is 16.9. The molecule has 9 nitrogen and oxygen atoms in total. The molecule has 0 unspecified atom stereocenters. The number of nitro benzene ring substituents is 1. The van der Waals surface area contributed by atoms with Crippen LogP contribution in [0.1, 0.15) is 53.4 Å². The summed E-state index contributed by atoms with van der Waals surface area (Å²) in [4.78, 5) is 21.5. The van der Waals surface area contributed by atoms with Gasteiger partial charge in [-0.25, -0.2) is 8.42 Å². The molecule has 1 atom stereocenters. The summed E-state index contributed by atoms with van der Waals surface area (Å²) in [5, 5.41) is 20.8. The van der Waals surface area contributed by atoms with E-state index in [0.29, 0.717) is 5.75 Å². The highest BCUT2D eigenvalue weighted by molar-refractivity contribution is 7.99. The van der Waals surface area contributed by atoms with E-state index in [1.165, 1.54) is 36.1 Å². The molecule has 0 aliphatic carbocycles. The lowest BCUT2D eigenvalue weighted by Crippen LogP contribution is -2.42. The van der Waals surface area contributed by atoms with Crippen LogP contribution in [0.15, 0.2) is 58.0 Å². The van der Waals surface area contributed by atoms with Gasteiger partial charge in [0.05, 0.1) is 18.1 Å². The lowest BCUT2D eigenvalue weighted by Gasteiger charge is -2.14. The maximum atomic E-state index is 12.7. The van der Waals surface area contributed by atoms with Crippen LogP contribution in [0, 0.1) is 10.1 Å². The van der Waals surface area contributed by atoms with Gasteiger partial charge in [-0.1, -0.05) is 34.9 Å². The third kappa shape index (κ3) is 11.4. The summed E-state index contributed by atoms with van der Waals surface area (Å²) in [6.07, 6.45) is 10.3. The van der Waals surface area contributed by atoms with Crippen molar-refractivity contribution < 1.29 is 28.0 Å². The highest BCUT2D eigenvalue weighted by atomic mass is 32.2. The second-order valence-corrected chi connectivity index (χ2v) is 11.4. The molecule has 0 aliphatic heterocycles. The lowest BCUT2D eigenvalue weighted by molar-refractivity contribution is -0.387. The summed E-state index contributed by atoms with van der Waals surface area (Å²) in [6, 6.07) is 1.82. The summed E-state index contributed by atoms with van der Waals surface area (Å²) < 4.78 is 32.5. The molecule has 200 valence electrons. The minimum atomic E-state index is -4.46. The predicted molar refractivity (Wildman–Crippen MR) is 144 cm³/mol. The number of allylic oxidation sites excluding steroid dienone is 5. The SMILES string of the molecule is COc1ccc(S(=O)(=O)N[C@@H](CSC/C=C(\C)CC/C=C(\C)CCC=C(C)C)C(=O)O)c([N+](=O)[O-])c1. The fourth-order valence-electron chi connectivity index (χ4n) is 3.13. The minimum Gasteiger partial charge on any atom is -0.497 e. The molecule has 0 radical (unpaired) electrons. The van der Waals surface area contributed by atoms with Crippen LogP contribution >= 0.6 is 11.8 Å². The van der Waals surface area contributed by atoms with E-state index >= 15 is 0 Å². The first kappa shape index (κ1) is 31.4. The van der Waals surface area contributed by atoms with Crippen molar-refractivity contribution >= 4 is 33.4 Å². The van der Waals surface area contributed by atoms with Crippen molar-refractivity contribution in [3.8, 4) is 5.75 Å². The zero-order valence-corrected chi connectivity index (χ0v) is 23.1. The van der Waals surface area contributed by atoms with Crippen molar-refractivity contribution in [1.29, 1.82) is 0 Å². The third-order valence-electron chi connectivity index (χ3n) is 5.20. The molecule has 0 saturated heterocycles. The molecule has 1 rings (SSSR count). The zero-order chi connectivity index (χ0) is 27.3. The second-order valence-electron chi connectivity index (χ2n) is 8.60. The maximum absolute atomic E-state index is 12.7. The number of aliphatic carboxylic acids is 1. The Hall–Kier alpha value is -2.63. The third-order valence-corrected chi connectivity index (χ3v) is 7.70. The van der Waals surface area contributed by atoms with Gasteiger partial charge in [-0.05, 0) is 65.5 Å². The molecule has 0 bridgehead atoms. The van der Waals surface area contributed by atoms with Crippen molar-refractivity contribution in [3.63, 3.8) is 0 Å². The van der Waals surface area contributed by atoms with Crippen LogP contribution in [-0.2, 0) is 14.8 Å². The number of methoxy groups -OCH3 is 1. The molecule has 1 aromatic rings. The van der Waals surface area contributed by atoms with Crippen molar-refractivity contribution in [2.45, 2.75) is 64.3 Å². The summed E-state index contributed by atoms with van der Waals surface area (Å²) in [5.41, 5.74) is 3.14. The number of thioether (sulfide) groups is 1. The van der Waals surface area contributed by atoms with E-state index < -0.39 is 37.5 Å². The van der Waals surface area contributed by atoms with E-state index in [4.69, 9.17) is 4.74 Å². The summed E-state index contributed by atoms with van der Waals surface area (Å²) in [5.74, 6) is -0.770. The summed E-state index contributed by atoms with van der Waals surface area (Å²) >= 11 is 1.26. The molecule has 0 aliphatic rings. The number of hydrogen-bond donors (Lipinski definition) is 2. The smallest absolute Gasteiger partial charge is 0.322 e. The number of rotatable bonds is 16. The highest BCUT2D eigenvalue weighted by Gasteiger charge is 2.31. The van der Waals surface area contributed by atoms with Crippen LogP contribution in [0.2, 0.25) is 0 Å². The molecule has 0 fully saturated rings. The van der Waals surface area contributed by atoms with Gasteiger partial charge in [0.15, 0.2) is 4.90 Å². The minimum absolute atomic E-state index is 0.0360. The molecule has 0 amide bonds. The summed E-state index contributed by atoms with van der Waals surface area (Å²) in [6.45, 7) is 8.31. The number of nitrogens with one attached hydrogen (secondary N) is 1. The Balaban J connectivity index is 2.68. The molecule has 11 heteroatoms. The normalized spacial score (nSPS) is 13.2. The van der Waals surface area contributed by atoms with Crippen molar-refractivity contribution in [2.75, 3.05) is 18.6 Å². The van der Waals surface area contributed by atoms with E-state index in [1.54, 1.807) is 0 Å². The van der Waals surface area contributed by atoms with E-state index in [2.05, 4.69) is 37.6 Å². The first-order valence-electron chi connectivity index (χ1n) is 11.5. The number of ether oxygens (including phenoxy) is 1. The fourth-order valence-corrected chi connectivity index (χ4v) is 5.57. The molecule has 2 N–H and O–H groups in total. The lowest BCUT2D eigenvalue weighted by atomic mass is 10.1. The maximum Gasteiger partial charge on any atom is 0.322 e. The predicted octanol–water partition coefficient (Wildman–Crippen LogP) is 5.49. The average molecular weight is 541 g/mol. The Bertz CT molecular complexity index is 1110. The van der Waals surface area contributed by atoms with Crippen molar-refractivity contribution in [2.24, 2.45) is 0 Å². The Kier molecular flexibility index (Phi) is 13.5. The molecule has 0 spiro atoms. The molecule has 0 saturated carbocycles. The summed E-state index contributed by atoms with van der Waals surface area (Å²) in [7, 11) is -3.16. The van der Waals surface area contributed by atoms with Crippen LogP contribution in [0.5, 0.6) is 5.75 Å². The van der Waals surface area contributed by atoms with Crippen LogP contribution < -0.4 is 9.46 Å². The highest BCUT2D eigenvalue weighted by Crippen LogP contribution is 2.28. The Morgan fingerprint density at radius 2 is 1.75 bits per heavy atom. The van der Waals surface area contributed by atoms with Gasteiger partial charge in [0.2, 0.25) is 10.0 Å². The number of sulfonamides is 1. The monoisotopic (exact) mass is 540 g/mol. The van der Waals surface area contributed by atoms with Crippen molar-refractivity contribution in [3.05, 3.63) is 63.3 Å². The van der Waals surface area contributed by atoms with Gasteiger partial charge in [0.1, 0.15) is 11.8 Å². The number of nitro groups is 1. The number of hydrogen-bond acceptors (Lipinski definition) is 7. The zero-order valence-electron chi connectivity index (χ0n) is 21.4. The molecule has 0 aromatic heterocycles. The van der Waals surface area contributed by atoms with Gasteiger partial charge in [0.25, 0.3) is 5.69 Å². The molecular weight excluding hydrogens is 504 g/mol. The van der Waals surface area contributed by atoms with Gasteiger partial charge in [0, 0.05) is 11.5 Å². The van der Waals surface area contributed by atoms with Gasteiger partial charge < -0.3 is 9.84 Å². The number of carboxylic acid groups (broad SMARTS) is 1. The Morgan fingerprint density at radius 3 is 2.31 bits per heavy atom. The second kappa shape index (κ2) is 15.5. The quantitative estimate of drug-likeness (QED) is 0.122. The van der Waals surface area contributed by atoms with E-state index in [1.807, 2.05) is 13.0 Å². The average Bonchev–Trinajstić information content (AvgIpc) is 2.80. The molecular formula is C25H36N2O7S2. The van der Waals surface area contributed by atoms with Crippen LogP contribution in [0.3, 0.4) is 0 Å². The van der Waals surface area contributed by atoms with E-state index in [-0.39, 0.29) is 11.5 Å². The van der Waals surface area contributed by atoms with Gasteiger partial charge in [-0.3, -0.25) is 14.9 Å². The largest absolute Gasteiger partial charge is 0.497 e. The molecule has 0 heterocycles. The van der Waals surface area contributed by atoms with E-state index in [0.717, 1.165) is 43.4 Å². The van der Waals surface area contributed by atoms with Crippen LogP contribution in [0.25, 0.3) is 0 Å². The Labute approximate surface area is 217 Å². The first-order valence-corrected chi connectivity index (χ1v) is 14.1. The van der Waals surface area contributed by atoms with Gasteiger partial charge in [-0.15, -0.1) is 0 Å². The number of carbonyl (C=O) groups is 1. The fraction of sp³-hybridized carbons (Fsp3) is 0.480. The standard InChI is InChI=1S/C25H36N2O7S2/c1-18(2)8-6-9-19(3)10-7-11-20(4)14-15-35-17-22(25(28)29)26-36(32,33)24-13-12-21(34-5)16-23(24)27(30)31/h8,10,12-14,16,22,26H,6-7,9,11,15,17H2,1-5H3,(H,28,29)/b19-10+,20-14+/t22-/m0/s1. The molecule has 1 aromatic carbocycles. The van der Waals surface area contributed by atoms with Crippen LogP contribution in [-0.4, -0.2) is 49.1 Å². The molecule has 36 heavy (non-hydrogen) atoms. The van der Waals surface area contributed by atoms with Gasteiger partial charge in [-0.2, -0.15) is 16.5 Å². The van der Waals surface area contributed by atoms with Crippen molar-refractivity contribution in [1.82, 2.24) is 4.72 Å². The number of benzene rings is 1. The number of carboxylic acids is 1.